The van der Waals surface area contributed by atoms with E-state index in [-0.39, 0.29) is 36.4 Å². The minimum absolute atomic E-state index is 0.0135. The summed E-state index contributed by atoms with van der Waals surface area (Å²) in [7, 11) is 0. The summed E-state index contributed by atoms with van der Waals surface area (Å²) in [6, 6.07) is 16.9. The second kappa shape index (κ2) is 9.99. The molecule has 9 heteroatoms. The highest BCUT2D eigenvalue weighted by molar-refractivity contribution is 6.07. The Bertz CT molecular complexity index is 1380. The molecule has 1 atom stereocenters. The monoisotopic (exact) mass is 486 g/mol. The van der Waals surface area contributed by atoms with E-state index in [9.17, 15) is 24.5 Å². The number of rotatable bonds is 6. The normalized spacial score (nSPS) is 15.0. The Morgan fingerprint density at radius 2 is 1.75 bits per heavy atom. The molecule has 0 unspecified atom stereocenters. The molecular weight excluding hydrogens is 460 g/mol. The van der Waals surface area contributed by atoms with Crippen LogP contribution in [0.25, 0.3) is 0 Å². The molecule has 36 heavy (non-hydrogen) atoms. The van der Waals surface area contributed by atoms with Gasteiger partial charge in [-0.05, 0) is 56.7 Å². The Morgan fingerprint density at radius 3 is 2.47 bits per heavy atom. The molecule has 0 spiro atoms. The molecule has 3 aromatic rings. The first kappa shape index (κ1) is 24.6. The third-order valence-corrected chi connectivity index (χ3v) is 6.22. The van der Waals surface area contributed by atoms with E-state index in [0.717, 1.165) is 11.1 Å². The van der Waals surface area contributed by atoms with E-state index < -0.39 is 10.8 Å². The van der Waals surface area contributed by atoms with Crippen molar-refractivity contribution in [2.45, 2.75) is 27.2 Å². The second-order valence-electron chi connectivity index (χ2n) is 8.98. The molecule has 1 aliphatic heterocycles. The lowest BCUT2D eigenvalue weighted by molar-refractivity contribution is -0.385. The Hall–Kier alpha value is -4.53. The minimum atomic E-state index is -0.634. The maximum absolute atomic E-state index is 12.9. The average molecular weight is 487 g/mol. The lowest BCUT2D eigenvalue weighted by Crippen LogP contribution is -2.28. The van der Waals surface area contributed by atoms with Gasteiger partial charge in [0, 0.05) is 41.5 Å². The summed E-state index contributed by atoms with van der Waals surface area (Å²) in [4.78, 5) is 50.4. The predicted molar refractivity (Wildman–Crippen MR) is 137 cm³/mol. The molecule has 9 nitrogen and oxygen atoms in total. The van der Waals surface area contributed by atoms with Crippen LogP contribution in [-0.4, -0.2) is 29.2 Å². The number of benzene rings is 3. The molecule has 1 fully saturated rings. The van der Waals surface area contributed by atoms with Gasteiger partial charge in [0.1, 0.15) is 0 Å². The summed E-state index contributed by atoms with van der Waals surface area (Å²) in [5.41, 5.74) is 4.37. The first-order chi connectivity index (χ1) is 17.1. The fraction of sp³-hybridized carbons (Fsp3) is 0.222. The summed E-state index contributed by atoms with van der Waals surface area (Å²) >= 11 is 0. The number of anilines is 3. The van der Waals surface area contributed by atoms with Gasteiger partial charge in [0.05, 0.1) is 16.5 Å². The maximum Gasteiger partial charge on any atom is 0.274 e. The molecule has 0 radical (unpaired) electrons. The minimum Gasteiger partial charge on any atom is -0.326 e. The van der Waals surface area contributed by atoms with Gasteiger partial charge in [-0.1, -0.05) is 29.8 Å². The Balaban J connectivity index is 1.43. The van der Waals surface area contributed by atoms with Crippen LogP contribution in [0, 0.1) is 36.8 Å². The van der Waals surface area contributed by atoms with Crippen molar-refractivity contribution in [2.75, 3.05) is 22.1 Å². The quantitative estimate of drug-likeness (QED) is 0.384. The number of carbonyl (C=O) groups excluding carboxylic acids is 3. The number of nitro groups is 1. The standard InChI is InChI=1S/C27H26N4O5/c1-16-7-10-23(18(3)11-16)29-26(33)19-5-4-6-21(12-19)28-27(34)20-13-25(32)30(15-20)22-9-8-17(2)24(14-22)31(35)36/h4-12,14,20H,13,15H2,1-3H3,(H,28,34)(H,29,33)/t20-/m1/s1. The van der Waals surface area contributed by atoms with Crippen LogP contribution in [0.5, 0.6) is 0 Å². The first-order valence-corrected chi connectivity index (χ1v) is 11.5. The van der Waals surface area contributed by atoms with Crippen molar-refractivity contribution < 1.29 is 19.3 Å². The number of amides is 3. The van der Waals surface area contributed by atoms with Crippen molar-refractivity contribution in [1.29, 1.82) is 0 Å². The van der Waals surface area contributed by atoms with E-state index in [1.165, 1.54) is 11.0 Å². The van der Waals surface area contributed by atoms with E-state index in [1.807, 2.05) is 32.0 Å². The second-order valence-corrected chi connectivity index (χ2v) is 8.98. The van der Waals surface area contributed by atoms with Crippen LogP contribution in [-0.2, 0) is 9.59 Å². The number of aryl methyl sites for hydroxylation is 3. The fourth-order valence-corrected chi connectivity index (χ4v) is 4.23. The van der Waals surface area contributed by atoms with Crippen molar-refractivity contribution in [3.63, 3.8) is 0 Å². The van der Waals surface area contributed by atoms with Gasteiger partial charge >= 0.3 is 0 Å². The molecule has 0 bridgehead atoms. The summed E-state index contributed by atoms with van der Waals surface area (Å²) in [6.45, 7) is 5.63. The van der Waals surface area contributed by atoms with Crippen molar-refractivity contribution in [1.82, 2.24) is 0 Å². The van der Waals surface area contributed by atoms with Gasteiger partial charge < -0.3 is 15.5 Å². The molecule has 1 saturated heterocycles. The third-order valence-electron chi connectivity index (χ3n) is 6.22. The third kappa shape index (κ3) is 5.25. The highest BCUT2D eigenvalue weighted by Gasteiger charge is 2.35. The zero-order chi connectivity index (χ0) is 26.0. The van der Waals surface area contributed by atoms with E-state index in [0.29, 0.717) is 28.2 Å². The van der Waals surface area contributed by atoms with Crippen LogP contribution in [0.2, 0.25) is 0 Å². The summed E-state index contributed by atoms with van der Waals surface area (Å²) in [5, 5.41) is 16.9. The van der Waals surface area contributed by atoms with Crippen LogP contribution < -0.4 is 15.5 Å². The molecule has 3 amide bonds. The molecule has 0 saturated carbocycles. The average Bonchev–Trinajstić information content (AvgIpc) is 3.23. The molecule has 184 valence electrons. The van der Waals surface area contributed by atoms with E-state index >= 15 is 0 Å². The Labute approximate surface area is 208 Å². The van der Waals surface area contributed by atoms with Crippen LogP contribution in [0.1, 0.15) is 33.5 Å². The van der Waals surface area contributed by atoms with Crippen molar-refractivity contribution in [3.8, 4) is 0 Å². The maximum atomic E-state index is 12.9. The summed E-state index contributed by atoms with van der Waals surface area (Å²) in [6.07, 6.45) is -0.0135. The number of nitro benzene ring substituents is 1. The molecule has 0 aliphatic carbocycles. The summed E-state index contributed by atoms with van der Waals surface area (Å²) < 4.78 is 0. The largest absolute Gasteiger partial charge is 0.326 e. The molecule has 1 aliphatic rings. The van der Waals surface area contributed by atoms with Gasteiger partial charge in [-0.3, -0.25) is 24.5 Å². The number of nitrogens with zero attached hydrogens (tertiary/aromatic N) is 2. The SMILES string of the molecule is Cc1ccc(NC(=O)c2cccc(NC(=O)[C@@H]3CC(=O)N(c4ccc(C)c([N+](=O)[O-])c4)C3)c2)c(C)c1. The lowest BCUT2D eigenvalue weighted by Gasteiger charge is -2.17. The fourth-order valence-electron chi connectivity index (χ4n) is 4.23. The van der Waals surface area contributed by atoms with Gasteiger partial charge in [0.25, 0.3) is 11.6 Å². The van der Waals surface area contributed by atoms with Gasteiger partial charge in [-0.25, -0.2) is 0 Å². The van der Waals surface area contributed by atoms with Crippen molar-refractivity contribution in [2.24, 2.45) is 5.92 Å². The highest BCUT2D eigenvalue weighted by atomic mass is 16.6. The van der Waals surface area contributed by atoms with Crippen molar-refractivity contribution >= 4 is 40.5 Å². The van der Waals surface area contributed by atoms with Gasteiger partial charge in [-0.2, -0.15) is 0 Å². The van der Waals surface area contributed by atoms with Crippen LogP contribution in [0.15, 0.2) is 60.7 Å². The summed E-state index contributed by atoms with van der Waals surface area (Å²) in [5.74, 6) is -1.58. The van der Waals surface area contributed by atoms with E-state index in [1.54, 1.807) is 43.3 Å². The number of hydrogen-bond acceptors (Lipinski definition) is 5. The predicted octanol–water partition coefficient (Wildman–Crippen LogP) is 4.76. The smallest absolute Gasteiger partial charge is 0.274 e. The van der Waals surface area contributed by atoms with Crippen LogP contribution in [0.4, 0.5) is 22.7 Å². The molecule has 2 N–H and O–H groups in total. The van der Waals surface area contributed by atoms with E-state index in [2.05, 4.69) is 10.6 Å². The number of carbonyl (C=O) groups is 3. The highest BCUT2D eigenvalue weighted by Crippen LogP contribution is 2.30. The number of nitrogens with one attached hydrogen (secondary N) is 2. The molecule has 1 heterocycles. The topological polar surface area (TPSA) is 122 Å². The lowest BCUT2D eigenvalue weighted by atomic mass is 10.1. The molecular formula is C27H26N4O5. The Kier molecular flexibility index (Phi) is 6.82. The molecule has 3 aromatic carbocycles. The first-order valence-electron chi connectivity index (χ1n) is 11.5. The Morgan fingerprint density at radius 1 is 0.972 bits per heavy atom. The zero-order valence-corrected chi connectivity index (χ0v) is 20.2. The van der Waals surface area contributed by atoms with Gasteiger partial charge in [0.15, 0.2) is 0 Å². The zero-order valence-electron chi connectivity index (χ0n) is 20.2. The molecule has 0 aromatic heterocycles. The van der Waals surface area contributed by atoms with Crippen molar-refractivity contribution in [3.05, 3.63) is 93.0 Å². The van der Waals surface area contributed by atoms with Gasteiger partial charge in [0.2, 0.25) is 11.8 Å². The molecule has 4 rings (SSSR count). The van der Waals surface area contributed by atoms with Crippen LogP contribution in [0.3, 0.4) is 0 Å². The van der Waals surface area contributed by atoms with E-state index in [4.69, 9.17) is 0 Å². The van der Waals surface area contributed by atoms with Crippen LogP contribution >= 0.6 is 0 Å². The van der Waals surface area contributed by atoms with Gasteiger partial charge in [-0.15, -0.1) is 0 Å². The number of hydrogen-bond donors (Lipinski definition) is 2.